The van der Waals surface area contributed by atoms with Gasteiger partial charge in [0.2, 0.25) is 0 Å². The summed E-state index contributed by atoms with van der Waals surface area (Å²) in [5.41, 5.74) is 0.981. The zero-order valence-electron chi connectivity index (χ0n) is 19.7. The standard InChI is InChI=1S/C25H25ClN4O4S.ClH/c1-33-16-5-4-6-17-19(16)15-12-29(11-14(15)13-34-17)9-2-3-10-30-24(31)22-21(28-25(30)32)20-18(35-22)7-8-27-23(20)26;/h4-8,14-15H,2-3,9-13H2,1H3,(H,28,32);1H/t14-,15-;/m1./s1. The summed E-state index contributed by atoms with van der Waals surface area (Å²) < 4.78 is 14.3. The molecule has 0 spiro atoms. The Labute approximate surface area is 222 Å². The number of aromatic nitrogens is 3. The number of thiophene rings is 1. The highest BCUT2D eigenvalue weighted by Crippen LogP contribution is 2.46. The van der Waals surface area contributed by atoms with Crippen LogP contribution in [0.1, 0.15) is 24.3 Å². The number of benzene rings is 1. The lowest BCUT2D eigenvalue weighted by atomic mass is 9.86. The average molecular weight is 549 g/mol. The van der Waals surface area contributed by atoms with Crippen molar-refractivity contribution >= 4 is 55.6 Å². The molecule has 4 aromatic rings. The molecule has 0 aliphatic carbocycles. The fraction of sp³-hybridized carbons (Fsp3) is 0.400. The van der Waals surface area contributed by atoms with Crippen LogP contribution in [0.25, 0.3) is 20.3 Å². The van der Waals surface area contributed by atoms with E-state index in [4.69, 9.17) is 21.1 Å². The maximum absolute atomic E-state index is 13.1. The summed E-state index contributed by atoms with van der Waals surface area (Å²) in [6, 6.07) is 7.79. The van der Waals surface area contributed by atoms with Gasteiger partial charge in [-0.25, -0.2) is 9.78 Å². The molecule has 11 heteroatoms. The van der Waals surface area contributed by atoms with Gasteiger partial charge in [-0.2, -0.15) is 0 Å². The Kier molecular flexibility index (Phi) is 7.00. The van der Waals surface area contributed by atoms with Crippen molar-refractivity contribution in [3.63, 3.8) is 0 Å². The van der Waals surface area contributed by atoms with Crippen LogP contribution in [0.3, 0.4) is 0 Å². The van der Waals surface area contributed by atoms with E-state index in [-0.39, 0.29) is 18.0 Å². The SMILES string of the molecule is COc1cccc2c1[C@@H]1CN(CCCCn3c(=O)[nH]c4c(sc5ccnc(Cl)c54)c3=O)C[C@@H]1CO2.Cl. The van der Waals surface area contributed by atoms with Crippen LogP contribution in [0.15, 0.2) is 40.1 Å². The van der Waals surface area contributed by atoms with Crippen molar-refractivity contribution in [1.29, 1.82) is 0 Å². The molecule has 1 fully saturated rings. The fourth-order valence-corrected chi connectivity index (χ4v) is 6.91. The smallest absolute Gasteiger partial charge is 0.328 e. The highest BCUT2D eigenvalue weighted by Gasteiger charge is 2.40. The summed E-state index contributed by atoms with van der Waals surface area (Å²) in [6.07, 6.45) is 3.24. The van der Waals surface area contributed by atoms with Crippen LogP contribution < -0.4 is 20.7 Å². The summed E-state index contributed by atoms with van der Waals surface area (Å²) in [5.74, 6) is 2.67. The highest BCUT2D eigenvalue weighted by atomic mass is 35.5. The number of hydrogen-bond donors (Lipinski definition) is 1. The molecule has 2 atom stereocenters. The molecule has 1 aromatic carbocycles. The van der Waals surface area contributed by atoms with E-state index in [2.05, 4.69) is 14.9 Å². The van der Waals surface area contributed by atoms with Crippen molar-refractivity contribution in [2.24, 2.45) is 5.92 Å². The maximum atomic E-state index is 13.1. The molecule has 0 bridgehead atoms. The summed E-state index contributed by atoms with van der Waals surface area (Å²) in [7, 11) is 1.71. The summed E-state index contributed by atoms with van der Waals surface area (Å²) >= 11 is 7.56. The summed E-state index contributed by atoms with van der Waals surface area (Å²) in [4.78, 5) is 35.2. The van der Waals surface area contributed by atoms with Gasteiger partial charge in [0.25, 0.3) is 5.56 Å². The summed E-state index contributed by atoms with van der Waals surface area (Å²) in [5, 5.41) is 0.923. The molecule has 1 N–H and O–H groups in total. The van der Waals surface area contributed by atoms with Gasteiger partial charge in [-0.15, -0.1) is 23.7 Å². The quantitative estimate of drug-likeness (QED) is 0.286. The molecule has 0 radical (unpaired) electrons. The number of methoxy groups -OCH3 is 1. The van der Waals surface area contributed by atoms with Crippen molar-refractivity contribution in [2.75, 3.05) is 33.4 Å². The zero-order valence-corrected chi connectivity index (χ0v) is 22.0. The molecule has 8 nitrogen and oxygen atoms in total. The predicted molar refractivity (Wildman–Crippen MR) is 145 cm³/mol. The third-order valence-electron chi connectivity index (χ3n) is 7.16. The van der Waals surface area contributed by atoms with Crippen LogP contribution in [-0.2, 0) is 6.54 Å². The van der Waals surface area contributed by atoms with Crippen LogP contribution in [0, 0.1) is 5.92 Å². The molecule has 0 saturated carbocycles. The Bertz CT molecular complexity index is 1530. The molecule has 3 aromatic heterocycles. The monoisotopic (exact) mass is 548 g/mol. The van der Waals surface area contributed by atoms with Crippen LogP contribution in [-0.4, -0.2) is 52.8 Å². The number of halogens is 2. The second kappa shape index (κ2) is 10.0. The maximum Gasteiger partial charge on any atom is 0.328 e. The fourth-order valence-electron chi connectivity index (χ4n) is 5.50. The van der Waals surface area contributed by atoms with Crippen LogP contribution >= 0.6 is 35.3 Å². The van der Waals surface area contributed by atoms with Gasteiger partial charge in [0.05, 0.1) is 24.6 Å². The third-order valence-corrected chi connectivity index (χ3v) is 8.59. The Balaban J connectivity index is 0.00000267. The van der Waals surface area contributed by atoms with Gasteiger partial charge >= 0.3 is 5.69 Å². The Morgan fingerprint density at radius 3 is 2.89 bits per heavy atom. The number of aromatic amines is 1. The Morgan fingerprint density at radius 1 is 1.22 bits per heavy atom. The molecule has 1 saturated heterocycles. The first kappa shape index (κ1) is 25.1. The number of unbranched alkanes of at least 4 members (excludes halogenated alkanes) is 1. The number of likely N-dealkylation sites (tertiary alicyclic amines) is 1. The largest absolute Gasteiger partial charge is 0.496 e. The minimum atomic E-state index is -0.407. The normalized spacial score (nSPS) is 19.1. The van der Waals surface area contributed by atoms with Crippen LogP contribution in [0.5, 0.6) is 11.5 Å². The predicted octanol–water partition coefficient (Wildman–Crippen LogP) is 4.27. The Hall–Kier alpha value is -2.59. The van der Waals surface area contributed by atoms with E-state index in [1.165, 1.54) is 21.5 Å². The van der Waals surface area contributed by atoms with Crippen molar-refractivity contribution in [3.05, 3.63) is 62.0 Å². The van der Waals surface area contributed by atoms with Gasteiger partial charge < -0.3 is 19.4 Å². The summed E-state index contributed by atoms with van der Waals surface area (Å²) in [6.45, 7) is 3.96. The lowest BCUT2D eigenvalue weighted by Crippen LogP contribution is -2.34. The van der Waals surface area contributed by atoms with Gasteiger partial charge in [-0.3, -0.25) is 9.36 Å². The molecular weight excluding hydrogens is 523 g/mol. The molecule has 2 aliphatic rings. The molecule has 0 amide bonds. The first-order chi connectivity index (χ1) is 17.0. The lowest BCUT2D eigenvalue weighted by Gasteiger charge is -2.29. The molecule has 36 heavy (non-hydrogen) atoms. The van der Waals surface area contributed by atoms with Gasteiger partial charge in [-0.1, -0.05) is 17.7 Å². The number of H-pyrrole nitrogens is 1. The second-order valence-electron chi connectivity index (χ2n) is 9.18. The van der Waals surface area contributed by atoms with E-state index in [1.54, 1.807) is 19.4 Å². The van der Waals surface area contributed by atoms with E-state index in [9.17, 15) is 9.59 Å². The first-order valence-corrected chi connectivity index (χ1v) is 13.0. The number of ether oxygens (including phenoxy) is 2. The minimum absolute atomic E-state index is 0. The number of nitrogens with zero attached hydrogens (tertiary/aromatic N) is 3. The lowest BCUT2D eigenvalue weighted by molar-refractivity contribution is 0.209. The second-order valence-corrected chi connectivity index (χ2v) is 10.6. The van der Waals surface area contributed by atoms with Crippen molar-refractivity contribution < 1.29 is 9.47 Å². The first-order valence-electron chi connectivity index (χ1n) is 11.8. The molecule has 2 aliphatic heterocycles. The molecule has 190 valence electrons. The number of fused-ring (bicyclic) bond motifs is 6. The van der Waals surface area contributed by atoms with Gasteiger partial charge in [-0.05, 0) is 37.6 Å². The topological polar surface area (TPSA) is 89.5 Å². The Morgan fingerprint density at radius 2 is 2.06 bits per heavy atom. The molecular formula is C25H26Cl2N4O4S. The third kappa shape index (κ3) is 4.18. The number of rotatable bonds is 6. The molecule has 6 rings (SSSR count). The van der Waals surface area contributed by atoms with Crippen LogP contribution in [0.2, 0.25) is 5.15 Å². The van der Waals surface area contributed by atoms with Crippen molar-refractivity contribution in [1.82, 2.24) is 19.4 Å². The van der Waals surface area contributed by atoms with Crippen LogP contribution in [0.4, 0.5) is 0 Å². The number of pyridine rings is 1. The van der Waals surface area contributed by atoms with E-state index < -0.39 is 5.69 Å². The van der Waals surface area contributed by atoms with Crippen molar-refractivity contribution in [2.45, 2.75) is 25.3 Å². The molecule has 5 heterocycles. The van der Waals surface area contributed by atoms with Gasteiger partial charge in [0.1, 0.15) is 21.4 Å². The van der Waals surface area contributed by atoms with Gasteiger partial charge in [0, 0.05) is 47.9 Å². The van der Waals surface area contributed by atoms with E-state index >= 15 is 0 Å². The van der Waals surface area contributed by atoms with Crippen molar-refractivity contribution in [3.8, 4) is 11.5 Å². The minimum Gasteiger partial charge on any atom is -0.496 e. The number of nitrogens with one attached hydrogen (secondary N) is 1. The molecule has 0 unspecified atom stereocenters. The van der Waals surface area contributed by atoms with E-state index in [0.29, 0.717) is 39.1 Å². The van der Waals surface area contributed by atoms with E-state index in [1.807, 2.05) is 18.2 Å². The average Bonchev–Trinajstić information content (AvgIpc) is 3.45. The zero-order chi connectivity index (χ0) is 24.1. The van der Waals surface area contributed by atoms with Gasteiger partial charge in [0.15, 0.2) is 0 Å². The van der Waals surface area contributed by atoms with E-state index in [0.717, 1.165) is 55.3 Å². The number of hydrogen-bond acceptors (Lipinski definition) is 7. The highest BCUT2D eigenvalue weighted by molar-refractivity contribution is 7.25.